The largest absolute Gasteiger partial charge is 0.461 e. The number of hydrogen-bond donors (Lipinski definition) is 1. The van der Waals surface area contributed by atoms with Crippen molar-refractivity contribution in [2.45, 2.75) is 6.92 Å². The summed E-state index contributed by atoms with van der Waals surface area (Å²) < 4.78 is 5.68. The van der Waals surface area contributed by atoms with E-state index in [1.54, 1.807) is 6.92 Å². The zero-order valence-electron chi connectivity index (χ0n) is 11.4. The molecule has 2 aromatic carbocycles. The van der Waals surface area contributed by atoms with Crippen LogP contribution >= 0.6 is 23.6 Å². The smallest absolute Gasteiger partial charge is 0.356 e. The quantitative estimate of drug-likeness (QED) is 0.557. The number of carbonyl (C=O) groups excluding carboxylic acids is 1. The molecule has 0 saturated carbocycles. The van der Waals surface area contributed by atoms with Gasteiger partial charge < -0.3 is 9.72 Å². The van der Waals surface area contributed by atoms with Gasteiger partial charge in [-0.3, -0.25) is 0 Å². The molecule has 0 spiro atoms. The highest BCUT2D eigenvalue weighted by molar-refractivity contribution is 7.73. The van der Waals surface area contributed by atoms with Gasteiger partial charge in [-0.25, -0.2) is 4.79 Å². The van der Waals surface area contributed by atoms with Crippen molar-refractivity contribution in [1.29, 1.82) is 0 Å². The summed E-state index contributed by atoms with van der Waals surface area (Å²) in [5, 5.41) is 2.22. The van der Waals surface area contributed by atoms with Crippen molar-refractivity contribution in [2.24, 2.45) is 0 Å². The van der Waals surface area contributed by atoms with Crippen LogP contribution in [-0.2, 0) is 4.74 Å². The number of esters is 1. The molecule has 5 heteroatoms. The minimum atomic E-state index is -0.368. The maximum atomic E-state index is 12.1. The lowest BCUT2D eigenvalue weighted by molar-refractivity contribution is 0.0521. The molecular weight excluding hydrogens is 302 g/mol. The molecule has 0 aliphatic rings. The third-order valence-electron chi connectivity index (χ3n) is 3.16. The van der Waals surface area contributed by atoms with Gasteiger partial charge in [0.25, 0.3) is 0 Å². The Morgan fingerprint density at radius 3 is 2.81 bits per heavy atom. The van der Waals surface area contributed by atoms with E-state index in [1.807, 2.05) is 30.3 Å². The zero-order valence-corrected chi connectivity index (χ0v) is 13.0. The Hall–Kier alpha value is -1.98. The average Bonchev–Trinajstić information content (AvgIpc) is 2.89. The molecule has 0 saturated heterocycles. The Bertz CT molecular complexity index is 859. The monoisotopic (exact) mass is 315 g/mol. The molecular formula is C16H13NO2S2. The maximum Gasteiger partial charge on any atom is 0.356 e. The Kier molecular flexibility index (Phi) is 3.86. The summed E-state index contributed by atoms with van der Waals surface area (Å²) in [6.07, 6.45) is 0. The van der Waals surface area contributed by atoms with Crippen LogP contribution in [0.5, 0.6) is 0 Å². The Morgan fingerprint density at radius 1 is 1.24 bits per heavy atom. The van der Waals surface area contributed by atoms with Crippen LogP contribution in [0.15, 0.2) is 42.5 Å². The number of fused-ring (bicyclic) bond motifs is 1. The lowest BCUT2D eigenvalue weighted by Gasteiger charge is -2.06. The normalized spacial score (nSPS) is 10.7. The zero-order chi connectivity index (χ0) is 14.8. The second kappa shape index (κ2) is 5.79. The van der Waals surface area contributed by atoms with Gasteiger partial charge in [0, 0.05) is 5.56 Å². The van der Waals surface area contributed by atoms with Crippen LogP contribution in [0.3, 0.4) is 0 Å². The summed E-state index contributed by atoms with van der Waals surface area (Å²) in [6.45, 7) is 2.13. The second-order valence-electron chi connectivity index (χ2n) is 4.47. The fraction of sp³-hybridized carbons (Fsp3) is 0.125. The minimum absolute atomic E-state index is 0.338. The van der Waals surface area contributed by atoms with E-state index in [4.69, 9.17) is 17.0 Å². The van der Waals surface area contributed by atoms with Crippen LogP contribution in [-0.4, -0.2) is 17.6 Å². The molecule has 0 amide bonds. The average molecular weight is 315 g/mol. The van der Waals surface area contributed by atoms with Crippen molar-refractivity contribution in [3.8, 4) is 10.4 Å². The number of aromatic nitrogens is 1. The van der Waals surface area contributed by atoms with Crippen LogP contribution in [0.2, 0.25) is 0 Å². The predicted molar refractivity (Wildman–Crippen MR) is 88.4 cm³/mol. The summed E-state index contributed by atoms with van der Waals surface area (Å²) in [6, 6.07) is 14.1. The highest BCUT2D eigenvalue weighted by atomic mass is 32.1. The highest BCUT2D eigenvalue weighted by Gasteiger charge is 2.18. The predicted octanol–water partition coefficient (Wildman–Crippen LogP) is 4.80. The molecule has 0 aliphatic heterocycles. The molecule has 0 aliphatic carbocycles. The molecule has 3 nitrogen and oxygen atoms in total. The van der Waals surface area contributed by atoms with E-state index in [9.17, 15) is 4.79 Å². The third kappa shape index (κ3) is 2.62. The van der Waals surface area contributed by atoms with E-state index in [-0.39, 0.29) is 5.97 Å². The van der Waals surface area contributed by atoms with Gasteiger partial charge in [0.2, 0.25) is 0 Å². The van der Waals surface area contributed by atoms with Crippen molar-refractivity contribution < 1.29 is 9.53 Å². The molecule has 0 bridgehead atoms. The van der Waals surface area contributed by atoms with Gasteiger partial charge in [-0.15, -0.1) is 11.3 Å². The molecule has 0 radical (unpaired) electrons. The van der Waals surface area contributed by atoms with Crippen molar-refractivity contribution >= 4 is 40.3 Å². The summed E-state index contributed by atoms with van der Waals surface area (Å²) in [5.41, 5.74) is 1.43. The summed E-state index contributed by atoms with van der Waals surface area (Å²) in [4.78, 5) is 15.9. The van der Waals surface area contributed by atoms with Gasteiger partial charge in [-0.05, 0) is 29.9 Å². The lowest BCUT2D eigenvalue weighted by Crippen LogP contribution is -2.06. The molecule has 0 fully saturated rings. The third-order valence-corrected chi connectivity index (χ3v) is 4.43. The van der Waals surface area contributed by atoms with E-state index in [2.05, 4.69) is 17.1 Å². The van der Waals surface area contributed by atoms with Gasteiger partial charge >= 0.3 is 5.97 Å². The molecule has 1 aromatic heterocycles. The first-order chi connectivity index (χ1) is 10.2. The minimum Gasteiger partial charge on any atom is -0.461 e. The Balaban J connectivity index is 2.24. The van der Waals surface area contributed by atoms with Crippen LogP contribution in [0, 0.1) is 3.95 Å². The van der Waals surface area contributed by atoms with Crippen LogP contribution in [0.4, 0.5) is 0 Å². The molecule has 3 aromatic rings. The van der Waals surface area contributed by atoms with Crippen LogP contribution < -0.4 is 0 Å². The van der Waals surface area contributed by atoms with Crippen molar-refractivity contribution in [3.63, 3.8) is 0 Å². The number of ether oxygens (including phenoxy) is 1. The number of benzene rings is 2. The number of nitrogens with one attached hydrogen (secondary N) is 1. The van der Waals surface area contributed by atoms with Crippen LogP contribution in [0.25, 0.3) is 21.2 Å². The number of H-pyrrole nitrogens is 1. The number of carbonyl (C=O) groups is 1. The Labute approximate surface area is 131 Å². The van der Waals surface area contributed by atoms with Gasteiger partial charge in [0.05, 0.1) is 11.5 Å². The van der Waals surface area contributed by atoms with E-state index >= 15 is 0 Å². The molecule has 0 atom stereocenters. The van der Waals surface area contributed by atoms with E-state index in [0.717, 1.165) is 21.2 Å². The number of thiazole rings is 1. The van der Waals surface area contributed by atoms with Crippen molar-refractivity contribution in [1.82, 2.24) is 4.98 Å². The van der Waals surface area contributed by atoms with Crippen molar-refractivity contribution in [3.05, 3.63) is 52.1 Å². The van der Waals surface area contributed by atoms with Gasteiger partial charge in [0.15, 0.2) is 3.95 Å². The highest BCUT2D eigenvalue weighted by Crippen LogP contribution is 2.34. The molecule has 3 rings (SSSR count). The first-order valence-electron chi connectivity index (χ1n) is 6.59. The molecule has 1 heterocycles. The summed E-state index contributed by atoms with van der Waals surface area (Å²) in [5.74, 6) is -0.368. The molecule has 106 valence electrons. The number of hydrogen-bond acceptors (Lipinski definition) is 4. The second-order valence-corrected chi connectivity index (χ2v) is 6.15. The summed E-state index contributed by atoms with van der Waals surface area (Å²) >= 11 is 6.60. The standard InChI is InChI=1S/C16H13NO2S2/c1-2-19-15(18)13-14(21-16(20)17-13)12-9-5-7-10-6-3-4-8-11(10)12/h3-9H,2H2,1H3,(H,17,20). The topological polar surface area (TPSA) is 42.1 Å². The maximum absolute atomic E-state index is 12.1. The summed E-state index contributed by atoms with van der Waals surface area (Å²) in [7, 11) is 0. The van der Waals surface area contributed by atoms with Crippen molar-refractivity contribution in [2.75, 3.05) is 6.61 Å². The molecule has 0 unspecified atom stereocenters. The van der Waals surface area contributed by atoms with Gasteiger partial charge in [-0.1, -0.05) is 42.5 Å². The number of aromatic amines is 1. The first kappa shape index (κ1) is 14.0. The fourth-order valence-corrected chi connectivity index (χ4v) is 3.50. The van der Waals surface area contributed by atoms with Crippen LogP contribution in [0.1, 0.15) is 17.4 Å². The van der Waals surface area contributed by atoms with E-state index in [0.29, 0.717) is 16.3 Å². The van der Waals surface area contributed by atoms with E-state index < -0.39 is 0 Å². The first-order valence-corrected chi connectivity index (χ1v) is 7.81. The Morgan fingerprint density at radius 2 is 2.00 bits per heavy atom. The van der Waals surface area contributed by atoms with Gasteiger partial charge in [0.1, 0.15) is 5.69 Å². The SMILES string of the molecule is CCOC(=O)c1[nH]c(=S)sc1-c1cccc2ccccc12. The fourth-order valence-electron chi connectivity index (χ4n) is 2.29. The lowest BCUT2D eigenvalue weighted by atomic mass is 10.0. The molecule has 1 N–H and O–H groups in total. The molecule has 21 heavy (non-hydrogen) atoms. The number of rotatable bonds is 3. The van der Waals surface area contributed by atoms with Gasteiger partial charge in [-0.2, -0.15) is 0 Å². The van der Waals surface area contributed by atoms with E-state index in [1.165, 1.54) is 11.3 Å².